The van der Waals surface area contributed by atoms with Crippen molar-refractivity contribution in [3.8, 4) is 0 Å². The first-order valence-electron chi connectivity index (χ1n) is 3.66. The Morgan fingerprint density at radius 1 is 1.50 bits per heavy atom. The van der Waals surface area contributed by atoms with E-state index in [-0.39, 0.29) is 0 Å². The summed E-state index contributed by atoms with van der Waals surface area (Å²) < 4.78 is 0. The maximum atomic E-state index is 3.00. The van der Waals surface area contributed by atoms with E-state index in [0.29, 0.717) is 6.04 Å². The molecule has 10 heavy (non-hydrogen) atoms. The smallest absolute Gasteiger partial charge is 0.0260 e. The average Bonchev–Trinajstić information content (AvgIpc) is 1.87. The third-order valence-corrected chi connectivity index (χ3v) is 1.68. The van der Waals surface area contributed by atoms with Crippen molar-refractivity contribution >= 4 is 0 Å². The molecule has 0 unspecified atom stereocenters. The van der Waals surface area contributed by atoms with Gasteiger partial charge in [-0.1, -0.05) is 0 Å². The summed E-state index contributed by atoms with van der Waals surface area (Å²) in [6.45, 7) is 6.44. The predicted molar refractivity (Wildman–Crippen MR) is 45.7 cm³/mol. The van der Waals surface area contributed by atoms with Gasteiger partial charge in [-0.05, 0) is 20.8 Å². The lowest BCUT2D eigenvalue weighted by atomic mass is 10.3. The zero-order valence-corrected chi connectivity index (χ0v) is 7.60. The highest BCUT2D eigenvalue weighted by molar-refractivity contribution is 4.95. The molecule has 2 nitrogen and oxygen atoms in total. The van der Waals surface area contributed by atoms with E-state index in [1.807, 2.05) is 13.2 Å². The molecule has 0 aromatic carbocycles. The molecule has 0 aliphatic rings. The minimum absolute atomic E-state index is 0.574. The van der Waals surface area contributed by atoms with Crippen molar-refractivity contribution in [2.75, 3.05) is 14.1 Å². The Morgan fingerprint density at radius 3 is 2.30 bits per heavy atom. The fourth-order valence-electron chi connectivity index (χ4n) is 0.718. The van der Waals surface area contributed by atoms with Crippen molar-refractivity contribution in [2.24, 2.45) is 0 Å². The molecule has 0 radical (unpaired) electrons. The molecule has 1 N–H and O–H groups in total. The van der Waals surface area contributed by atoms with Crippen LogP contribution in [-0.4, -0.2) is 25.0 Å². The average molecular weight is 142 g/mol. The normalized spacial score (nSPS) is 12.0. The van der Waals surface area contributed by atoms with Gasteiger partial charge in [-0.15, -0.1) is 0 Å². The molecule has 0 aliphatic heterocycles. The molecule has 0 atom stereocenters. The maximum Gasteiger partial charge on any atom is 0.0260 e. The number of rotatable bonds is 3. The summed E-state index contributed by atoms with van der Waals surface area (Å²) in [6, 6.07) is 0.574. The first-order chi connectivity index (χ1) is 4.59. The minimum Gasteiger partial charge on any atom is -0.393 e. The highest BCUT2D eigenvalue weighted by Gasteiger charge is 2.01. The van der Waals surface area contributed by atoms with E-state index >= 15 is 0 Å². The summed E-state index contributed by atoms with van der Waals surface area (Å²) in [7, 11) is 4.01. The molecule has 0 saturated heterocycles. The SMILES string of the molecule is CN/C=C(/C)N(C)C(C)C. The van der Waals surface area contributed by atoms with Gasteiger partial charge in [0, 0.05) is 32.0 Å². The van der Waals surface area contributed by atoms with Crippen molar-refractivity contribution in [1.29, 1.82) is 0 Å². The fourth-order valence-corrected chi connectivity index (χ4v) is 0.718. The molecule has 0 fully saturated rings. The third-order valence-electron chi connectivity index (χ3n) is 1.68. The van der Waals surface area contributed by atoms with Crippen LogP contribution in [0.3, 0.4) is 0 Å². The molecule has 0 rings (SSSR count). The van der Waals surface area contributed by atoms with Crippen LogP contribution in [0.5, 0.6) is 0 Å². The van der Waals surface area contributed by atoms with Crippen molar-refractivity contribution in [3.63, 3.8) is 0 Å². The van der Waals surface area contributed by atoms with E-state index < -0.39 is 0 Å². The molecular weight excluding hydrogens is 124 g/mol. The van der Waals surface area contributed by atoms with Crippen LogP contribution in [0.4, 0.5) is 0 Å². The van der Waals surface area contributed by atoms with E-state index in [0.717, 1.165) is 0 Å². The van der Waals surface area contributed by atoms with Gasteiger partial charge in [0.05, 0.1) is 0 Å². The molecule has 2 heteroatoms. The second kappa shape index (κ2) is 4.20. The van der Waals surface area contributed by atoms with Crippen LogP contribution in [0.25, 0.3) is 0 Å². The Kier molecular flexibility index (Phi) is 3.93. The molecule has 60 valence electrons. The molecular formula is C8H18N2. The second-order valence-corrected chi connectivity index (χ2v) is 2.78. The lowest BCUT2D eigenvalue weighted by Gasteiger charge is -2.24. The van der Waals surface area contributed by atoms with Crippen LogP contribution in [0, 0.1) is 0 Å². The van der Waals surface area contributed by atoms with Gasteiger partial charge in [-0.25, -0.2) is 0 Å². The quantitative estimate of drug-likeness (QED) is 0.641. The Morgan fingerprint density at radius 2 is 2.00 bits per heavy atom. The van der Waals surface area contributed by atoms with Crippen LogP contribution in [0.1, 0.15) is 20.8 Å². The van der Waals surface area contributed by atoms with E-state index in [4.69, 9.17) is 0 Å². The monoisotopic (exact) mass is 142 g/mol. The van der Waals surface area contributed by atoms with Gasteiger partial charge in [-0.3, -0.25) is 0 Å². The Hall–Kier alpha value is -0.660. The molecule has 0 aromatic rings. The summed E-state index contributed by atoms with van der Waals surface area (Å²) in [5.41, 5.74) is 1.26. The third kappa shape index (κ3) is 2.76. The number of allylic oxidation sites excluding steroid dienone is 1. The zero-order valence-electron chi connectivity index (χ0n) is 7.60. The molecule has 0 spiro atoms. The van der Waals surface area contributed by atoms with Crippen molar-refractivity contribution in [2.45, 2.75) is 26.8 Å². The summed E-state index contributed by atoms with van der Waals surface area (Å²) >= 11 is 0. The lowest BCUT2D eigenvalue weighted by Crippen LogP contribution is -2.25. The summed E-state index contributed by atoms with van der Waals surface area (Å²) in [5.74, 6) is 0. The van der Waals surface area contributed by atoms with Gasteiger partial charge < -0.3 is 10.2 Å². The second-order valence-electron chi connectivity index (χ2n) is 2.78. The summed E-state index contributed by atoms with van der Waals surface area (Å²) in [5, 5.41) is 3.00. The zero-order chi connectivity index (χ0) is 8.15. The van der Waals surface area contributed by atoms with Crippen LogP contribution < -0.4 is 5.32 Å². The molecule has 0 aliphatic carbocycles. The minimum atomic E-state index is 0.574. The molecule has 0 amide bonds. The van der Waals surface area contributed by atoms with Crippen molar-refractivity contribution in [1.82, 2.24) is 10.2 Å². The van der Waals surface area contributed by atoms with Gasteiger partial charge in [0.2, 0.25) is 0 Å². The number of nitrogens with zero attached hydrogens (tertiary/aromatic N) is 1. The van der Waals surface area contributed by atoms with E-state index in [2.05, 4.69) is 38.0 Å². The van der Waals surface area contributed by atoms with Crippen LogP contribution in [0.2, 0.25) is 0 Å². The van der Waals surface area contributed by atoms with Gasteiger partial charge in [0.25, 0.3) is 0 Å². The number of hydrogen-bond acceptors (Lipinski definition) is 2. The largest absolute Gasteiger partial charge is 0.393 e. The maximum absolute atomic E-state index is 3.00. The van der Waals surface area contributed by atoms with E-state index in [9.17, 15) is 0 Å². The van der Waals surface area contributed by atoms with Gasteiger partial charge in [0.15, 0.2) is 0 Å². The Labute approximate surface area is 63.9 Å². The van der Waals surface area contributed by atoms with Gasteiger partial charge in [0.1, 0.15) is 0 Å². The topological polar surface area (TPSA) is 15.3 Å². The first kappa shape index (κ1) is 9.34. The fraction of sp³-hybridized carbons (Fsp3) is 0.750. The molecule has 0 heterocycles. The van der Waals surface area contributed by atoms with Crippen LogP contribution in [-0.2, 0) is 0 Å². The van der Waals surface area contributed by atoms with Crippen LogP contribution >= 0.6 is 0 Å². The van der Waals surface area contributed by atoms with Gasteiger partial charge >= 0.3 is 0 Å². The molecule has 0 aromatic heterocycles. The number of nitrogens with one attached hydrogen (secondary N) is 1. The summed E-state index contributed by atoms with van der Waals surface area (Å²) in [6.07, 6.45) is 2.00. The number of hydrogen-bond donors (Lipinski definition) is 1. The van der Waals surface area contributed by atoms with Crippen LogP contribution in [0.15, 0.2) is 11.9 Å². The lowest BCUT2D eigenvalue weighted by molar-refractivity contribution is 0.343. The van der Waals surface area contributed by atoms with E-state index in [1.54, 1.807) is 0 Å². The Bertz CT molecular complexity index is 116. The highest BCUT2D eigenvalue weighted by atomic mass is 15.1. The highest BCUT2D eigenvalue weighted by Crippen LogP contribution is 2.02. The van der Waals surface area contributed by atoms with E-state index in [1.165, 1.54) is 5.70 Å². The standard InChI is InChI=1S/C8H18N2/c1-7(2)10(5)8(3)6-9-4/h6-7,9H,1-5H3/b8-6-. The van der Waals surface area contributed by atoms with Crippen molar-refractivity contribution < 1.29 is 0 Å². The first-order valence-corrected chi connectivity index (χ1v) is 3.66. The predicted octanol–water partition coefficient (Wildman–Crippen LogP) is 1.41. The van der Waals surface area contributed by atoms with Gasteiger partial charge in [-0.2, -0.15) is 0 Å². The summed E-state index contributed by atoms with van der Waals surface area (Å²) in [4.78, 5) is 2.22. The van der Waals surface area contributed by atoms with Crippen molar-refractivity contribution in [3.05, 3.63) is 11.9 Å². The molecule has 0 bridgehead atoms. The Balaban J connectivity index is 3.93. The molecule has 0 saturated carbocycles.